The largest absolute Gasteiger partial charge is 0.486 e. The molecule has 1 aromatic heterocycles. The van der Waals surface area contributed by atoms with E-state index < -0.39 is 17.9 Å². The second-order valence-corrected chi connectivity index (χ2v) is 7.66. The van der Waals surface area contributed by atoms with Gasteiger partial charge in [0, 0.05) is 24.4 Å². The third kappa shape index (κ3) is 2.77. The molecular formula is C17H16Cl2N4O3. The molecule has 2 aliphatic heterocycles. The topological polar surface area (TPSA) is 95.5 Å². The van der Waals surface area contributed by atoms with Crippen molar-refractivity contribution in [2.24, 2.45) is 0 Å². The van der Waals surface area contributed by atoms with Gasteiger partial charge in [-0.15, -0.1) is 0 Å². The summed E-state index contributed by atoms with van der Waals surface area (Å²) >= 11 is 12.3. The molecule has 0 spiro atoms. The molecule has 2 aliphatic rings. The maximum Gasteiger partial charge on any atom is 0.339 e. The van der Waals surface area contributed by atoms with E-state index >= 15 is 0 Å². The lowest BCUT2D eigenvalue weighted by molar-refractivity contribution is 0.0685. The fourth-order valence-electron chi connectivity index (χ4n) is 3.28. The molecule has 136 valence electrons. The van der Waals surface area contributed by atoms with Gasteiger partial charge in [-0.1, -0.05) is 23.2 Å². The number of carbonyl (C=O) groups is 1. The number of aromatic carboxylic acids is 1. The molecule has 1 unspecified atom stereocenters. The third-order valence-corrected chi connectivity index (χ3v) is 4.89. The van der Waals surface area contributed by atoms with E-state index in [-0.39, 0.29) is 5.56 Å². The van der Waals surface area contributed by atoms with Gasteiger partial charge in [-0.05, 0) is 19.9 Å². The van der Waals surface area contributed by atoms with E-state index in [1.54, 1.807) is 6.07 Å². The van der Waals surface area contributed by atoms with E-state index in [0.29, 0.717) is 33.6 Å². The smallest absolute Gasteiger partial charge is 0.339 e. The summed E-state index contributed by atoms with van der Waals surface area (Å²) in [5.74, 6) is -0.614. The van der Waals surface area contributed by atoms with E-state index in [0.717, 1.165) is 11.3 Å². The van der Waals surface area contributed by atoms with Crippen LogP contribution in [0.5, 0.6) is 5.75 Å². The van der Waals surface area contributed by atoms with Crippen LogP contribution in [0.1, 0.15) is 29.8 Å². The Kier molecular flexibility index (Phi) is 3.82. The van der Waals surface area contributed by atoms with Crippen molar-refractivity contribution in [1.29, 1.82) is 0 Å². The quantitative estimate of drug-likeness (QED) is 0.623. The van der Waals surface area contributed by atoms with Crippen LogP contribution in [0.2, 0.25) is 10.0 Å². The summed E-state index contributed by atoms with van der Waals surface area (Å²) < 4.78 is 5.88. The van der Waals surface area contributed by atoms with Gasteiger partial charge in [-0.2, -0.15) is 0 Å². The number of nitrogens with one attached hydrogen (secondary N) is 3. The van der Waals surface area contributed by atoms with Gasteiger partial charge in [-0.25, -0.2) is 4.79 Å². The second-order valence-electron chi connectivity index (χ2n) is 6.84. The maximum atomic E-state index is 11.6. The molecule has 1 atom stereocenters. The van der Waals surface area contributed by atoms with E-state index in [1.807, 2.05) is 13.8 Å². The zero-order valence-corrected chi connectivity index (χ0v) is 15.5. The number of pyridine rings is 1. The van der Waals surface area contributed by atoms with Crippen LogP contribution in [-0.4, -0.2) is 28.0 Å². The first-order valence-corrected chi connectivity index (χ1v) is 8.71. The first-order valence-electron chi connectivity index (χ1n) is 7.96. The second kappa shape index (κ2) is 5.82. The van der Waals surface area contributed by atoms with E-state index in [1.165, 1.54) is 12.4 Å². The number of fused-ring (bicyclic) bond motifs is 3. The minimum Gasteiger partial charge on any atom is -0.486 e. The number of benzene rings is 1. The van der Waals surface area contributed by atoms with Crippen molar-refractivity contribution >= 4 is 46.2 Å². The molecule has 0 fully saturated rings. The number of aromatic nitrogens is 1. The Hall–Kier alpha value is -2.38. The Labute approximate surface area is 159 Å². The predicted molar refractivity (Wildman–Crippen MR) is 101 cm³/mol. The van der Waals surface area contributed by atoms with Crippen molar-refractivity contribution in [1.82, 2.24) is 4.98 Å². The van der Waals surface area contributed by atoms with Crippen molar-refractivity contribution in [3.63, 3.8) is 0 Å². The van der Waals surface area contributed by atoms with Crippen LogP contribution >= 0.6 is 23.2 Å². The molecular weight excluding hydrogens is 379 g/mol. The number of hydrogen-bond donors (Lipinski definition) is 4. The van der Waals surface area contributed by atoms with Gasteiger partial charge in [-0.3, -0.25) is 4.98 Å². The number of carboxylic acid groups (broad SMARTS) is 1. The van der Waals surface area contributed by atoms with E-state index in [9.17, 15) is 9.90 Å². The highest BCUT2D eigenvalue weighted by molar-refractivity contribution is 6.38. The minimum absolute atomic E-state index is 0.138. The molecule has 7 nitrogen and oxygen atoms in total. The number of anilines is 3. The molecule has 0 amide bonds. The summed E-state index contributed by atoms with van der Waals surface area (Å²) in [4.78, 5) is 15.6. The molecule has 3 heterocycles. The lowest BCUT2D eigenvalue weighted by Gasteiger charge is -2.18. The van der Waals surface area contributed by atoms with Crippen molar-refractivity contribution in [2.75, 3.05) is 16.0 Å². The van der Waals surface area contributed by atoms with E-state index in [4.69, 9.17) is 27.9 Å². The lowest BCUT2D eigenvalue weighted by atomic mass is 9.98. The lowest BCUT2D eigenvalue weighted by Crippen LogP contribution is -2.31. The summed E-state index contributed by atoms with van der Waals surface area (Å²) in [7, 11) is 0. The van der Waals surface area contributed by atoms with Gasteiger partial charge in [0.05, 0.1) is 27.1 Å². The van der Waals surface area contributed by atoms with Crippen LogP contribution in [-0.2, 0) is 6.42 Å². The predicted octanol–water partition coefficient (Wildman–Crippen LogP) is 4.03. The van der Waals surface area contributed by atoms with Crippen molar-refractivity contribution in [3.8, 4) is 5.75 Å². The fraction of sp³-hybridized carbons (Fsp3) is 0.294. The van der Waals surface area contributed by atoms with Gasteiger partial charge in [0.15, 0.2) is 6.29 Å². The number of carboxylic acids is 1. The van der Waals surface area contributed by atoms with Gasteiger partial charge in [0.25, 0.3) is 0 Å². The Morgan fingerprint density at radius 2 is 2.04 bits per heavy atom. The molecule has 4 rings (SSSR count). The summed E-state index contributed by atoms with van der Waals surface area (Å²) in [6.45, 7) is 3.86. The van der Waals surface area contributed by atoms with Gasteiger partial charge in [0.1, 0.15) is 16.9 Å². The average molecular weight is 395 g/mol. The number of halogens is 2. The van der Waals surface area contributed by atoms with Crippen LogP contribution in [0.25, 0.3) is 0 Å². The summed E-state index contributed by atoms with van der Waals surface area (Å²) in [6, 6.07) is 1.57. The summed E-state index contributed by atoms with van der Waals surface area (Å²) in [5, 5.41) is 20.0. The van der Waals surface area contributed by atoms with Gasteiger partial charge >= 0.3 is 5.97 Å². The molecule has 4 N–H and O–H groups in total. The summed E-state index contributed by atoms with van der Waals surface area (Å²) in [6.07, 6.45) is 3.17. The molecule has 0 radical (unpaired) electrons. The van der Waals surface area contributed by atoms with Crippen molar-refractivity contribution in [2.45, 2.75) is 32.2 Å². The highest BCUT2D eigenvalue weighted by Gasteiger charge is 2.39. The average Bonchev–Trinajstić information content (AvgIpc) is 3.09. The minimum atomic E-state index is -1.03. The maximum absolute atomic E-state index is 11.6. The van der Waals surface area contributed by atoms with Crippen molar-refractivity contribution < 1.29 is 14.6 Å². The zero-order chi connectivity index (χ0) is 18.6. The van der Waals surface area contributed by atoms with Crippen LogP contribution < -0.4 is 20.7 Å². The SMILES string of the molecule is CC1(C)Cc2c3c(cc(C(=O)O)c2O1)NC(Nc1c(Cl)cncc1Cl)N3. The summed E-state index contributed by atoms with van der Waals surface area (Å²) in [5.41, 5.74) is 2.54. The molecule has 0 saturated heterocycles. The van der Waals surface area contributed by atoms with Gasteiger partial charge in [0.2, 0.25) is 0 Å². The monoisotopic (exact) mass is 394 g/mol. The molecule has 0 aliphatic carbocycles. The standard InChI is InChI=1S/C17H16Cl2N4O3/c1-17(2)4-8-12-11(3-7(15(24)25)14(8)26-17)21-16(22-12)23-13-9(18)5-20-6-10(13)19/h3,5-6,16,21-22H,4H2,1-2H3,(H,20,23)(H,24,25). The van der Waals surface area contributed by atoms with Crippen LogP contribution in [0.3, 0.4) is 0 Å². The molecule has 2 aromatic rings. The fourth-order valence-corrected chi connectivity index (χ4v) is 3.76. The zero-order valence-electron chi connectivity index (χ0n) is 14.0. The van der Waals surface area contributed by atoms with Crippen LogP contribution in [0.4, 0.5) is 17.1 Å². The molecule has 26 heavy (non-hydrogen) atoms. The van der Waals surface area contributed by atoms with Crippen molar-refractivity contribution in [3.05, 3.63) is 39.6 Å². The number of ether oxygens (including phenoxy) is 1. The molecule has 1 aromatic carbocycles. The van der Waals surface area contributed by atoms with E-state index in [2.05, 4.69) is 20.9 Å². The number of nitrogens with zero attached hydrogens (tertiary/aromatic N) is 1. The number of hydrogen-bond acceptors (Lipinski definition) is 6. The highest BCUT2D eigenvalue weighted by Crippen LogP contribution is 2.48. The number of rotatable bonds is 3. The molecule has 0 saturated carbocycles. The molecule has 9 heteroatoms. The highest BCUT2D eigenvalue weighted by atomic mass is 35.5. The van der Waals surface area contributed by atoms with Crippen LogP contribution in [0, 0.1) is 0 Å². The Balaban J connectivity index is 1.69. The molecule has 0 bridgehead atoms. The Bertz CT molecular complexity index is 912. The Morgan fingerprint density at radius 3 is 2.69 bits per heavy atom. The third-order valence-electron chi connectivity index (χ3n) is 4.32. The Morgan fingerprint density at radius 1 is 1.35 bits per heavy atom. The first kappa shape index (κ1) is 17.1. The van der Waals surface area contributed by atoms with Crippen LogP contribution in [0.15, 0.2) is 18.5 Å². The van der Waals surface area contributed by atoms with Gasteiger partial charge < -0.3 is 25.8 Å². The normalized spacial score (nSPS) is 19.0. The first-order chi connectivity index (χ1) is 12.2.